The third-order valence-corrected chi connectivity index (χ3v) is 6.91. The zero-order valence-corrected chi connectivity index (χ0v) is 15.0. The number of carbonyl (C=O) groups is 1. The number of thioether (sulfide) groups is 1. The number of hydrogen-bond donors (Lipinski definition) is 2. The van der Waals surface area contributed by atoms with E-state index in [1.807, 2.05) is 16.4 Å². The maximum absolute atomic E-state index is 13.8. The normalized spacial score (nSPS) is 36.3. The molecule has 4 aliphatic rings. The van der Waals surface area contributed by atoms with Gasteiger partial charge in [0.05, 0.1) is 0 Å². The highest BCUT2D eigenvalue weighted by atomic mass is 32.2. The molecule has 0 radical (unpaired) electrons. The SMILES string of the molecule is N=C1CCC(N(C(=O)C2=CSC3C=CC(F)CC23)C2CC2)CC1=CN. The van der Waals surface area contributed by atoms with E-state index in [1.54, 1.807) is 17.8 Å². The monoisotopic (exact) mass is 361 g/mol. The zero-order valence-electron chi connectivity index (χ0n) is 14.2. The Hall–Kier alpha value is -1.56. The van der Waals surface area contributed by atoms with Crippen LogP contribution in [0.25, 0.3) is 0 Å². The average molecular weight is 361 g/mol. The molecule has 0 bridgehead atoms. The van der Waals surface area contributed by atoms with E-state index >= 15 is 0 Å². The Morgan fingerprint density at radius 1 is 1.32 bits per heavy atom. The predicted octanol–water partition coefficient (Wildman–Crippen LogP) is 3.31. The summed E-state index contributed by atoms with van der Waals surface area (Å²) in [5, 5.41) is 10.2. The van der Waals surface area contributed by atoms with Crippen LogP contribution >= 0.6 is 11.8 Å². The summed E-state index contributed by atoms with van der Waals surface area (Å²) in [5.41, 5.74) is 7.91. The Balaban J connectivity index is 1.55. The molecule has 0 aromatic heterocycles. The molecule has 0 aromatic carbocycles. The van der Waals surface area contributed by atoms with Gasteiger partial charge < -0.3 is 16.0 Å². The molecule has 25 heavy (non-hydrogen) atoms. The minimum Gasteiger partial charge on any atom is -0.404 e. The summed E-state index contributed by atoms with van der Waals surface area (Å²) in [7, 11) is 0. The highest BCUT2D eigenvalue weighted by molar-refractivity contribution is 8.03. The van der Waals surface area contributed by atoms with Crippen molar-refractivity contribution in [1.82, 2.24) is 4.90 Å². The lowest BCUT2D eigenvalue weighted by atomic mass is 9.84. The number of halogens is 1. The second-order valence-corrected chi connectivity index (χ2v) is 8.48. The van der Waals surface area contributed by atoms with Crippen molar-refractivity contribution in [2.75, 3.05) is 0 Å². The lowest BCUT2D eigenvalue weighted by Crippen LogP contribution is -2.46. The van der Waals surface area contributed by atoms with Gasteiger partial charge >= 0.3 is 0 Å². The van der Waals surface area contributed by atoms with Gasteiger partial charge in [-0.15, -0.1) is 11.8 Å². The molecular weight excluding hydrogens is 337 g/mol. The standard InChI is InChI=1S/C19H24FN3OS/c20-12-1-6-18-15(8-12)16(10-25-18)19(24)23(13-2-3-13)14-4-5-17(22)11(7-14)9-21/h1,6,9-10,12-15,18,22H,2-5,7-8,21H2. The van der Waals surface area contributed by atoms with E-state index in [0.717, 1.165) is 30.4 Å². The highest BCUT2D eigenvalue weighted by Crippen LogP contribution is 2.45. The smallest absolute Gasteiger partial charge is 0.251 e. The Morgan fingerprint density at radius 3 is 2.84 bits per heavy atom. The second-order valence-electron chi connectivity index (χ2n) is 7.43. The number of alkyl halides is 1. The molecule has 2 saturated carbocycles. The summed E-state index contributed by atoms with van der Waals surface area (Å²) in [4.78, 5) is 15.4. The van der Waals surface area contributed by atoms with E-state index in [0.29, 0.717) is 31.0 Å². The second kappa shape index (κ2) is 6.63. The summed E-state index contributed by atoms with van der Waals surface area (Å²) in [6.07, 6.45) is 8.75. The van der Waals surface area contributed by atoms with Gasteiger partial charge in [0.15, 0.2) is 0 Å². The van der Waals surface area contributed by atoms with Gasteiger partial charge in [0.25, 0.3) is 5.91 Å². The molecule has 0 spiro atoms. The third-order valence-electron chi connectivity index (χ3n) is 5.72. The quantitative estimate of drug-likeness (QED) is 0.758. The number of rotatable bonds is 3. The molecule has 1 amide bonds. The van der Waals surface area contributed by atoms with Crippen molar-refractivity contribution in [3.05, 3.63) is 34.9 Å². The van der Waals surface area contributed by atoms with Crippen molar-refractivity contribution in [2.24, 2.45) is 11.7 Å². The van der Waals surface area contributed by atoms with Crippen molar-refractivity contribution < 1.29 is 9.18 Å². The van der Waals surface area contributed by atoms with Crippen LogP contribution in [0.3, 0.4) is 0 Å². The van der Waals surface area contributed by atoms with Gasteiger partial charge in [-0.05, 0) is 55.7 Å². The molecule has 4 nitrogen and oxygen atoms in total. The first kappa shape index (κ1) is 16.9. The van der Waals surface area contributed by atoms with E-state index < -0.39 is 6.17 Å². The molecule has 3 aliphatic carbocycles. The van der Waals surface area contributed by atoms with Gasteiger partial charge in [-0.3, -0.25) is 4.79 Å². The Bertz CT molecular complexity index is 682. The minimum atomic E-state index is -0.951. The van der Waals surface area contributed by atoms with Crippen LogP contribution in [0.4, 0.5) is 4.39 Å². The van der Waals surface area contributed by atoms with Crippen molar-refractivity contribution in [1.29, 1.82) is 5.41 Å². The van der Waals surface area contributed by atoms with E-state index in [1.165, 1.54) is 6.20 Å². The maximum Gasteiger partial charge on any atom is 0.251 e. The summed E-state index contributed by atoms with van der Waals surface area (Å²) in [6, 6.07) is 0.406. The largest absolute Gasteiger partial charge is 0.404 e. The van der Waals surface area contributed by atoms with E-state index in [-0.39, 0.29) is 23.1 Å². The lowest BCUT2D eigenvalue weighted by Gasteiger charge is -2.37. The first-order chi connectivity index (χ1) is 12.1. The lowest BCUT2D eigenvalue weighted by molar-refractivity contribution is -0.130. The number of allylic oxidation sites excluding steroid dienone is 1. The fourth-order valence-electron chi connectivity index (χ4n) is 4.20. The van der Waals surface area contributed by atoms with Crippen molar-refractivity contribution in [3.63, 3.8) is 0 Å². The molecule has 1 heterocycles. The number of carbonyl (C=O) groups excluding carboxylic acids is 1. The fraction of sp³-hybridized carbons (Fsp3) is 0.579. The van der Waals surface area contributed by atoms with Gasteiger partial charge in [0.2, 0.25) is 0 Å². The predicted molar refractivity (Wildman–Crippen MR) is 99.1 cm³/mol. The Labute approximate surface area is 151 Å². The van der Waals surface area contributed by atoms with Crippen molar-refractivity contribution in [2.45, 2.75) is 62.0 Å². The first-order valence-electron chi connectivity index (χ1n) is 9.07. The molecule has 6 heteroatoms. The average Bonchev–Trinajstić information content (AvgIpc) is 3.35. The van der Waals surface area contributed by atoms with Crippen LogP contribution in [0.15, 0.2) is 34.9 Å². The number of fused-ring (bicyclic) bond motifs is 1. The molecule has 4 atom stereocenters. The summed E-state index contributed by atoms with van der Waals surface area (Å²) >= 11 is 1.64. The van der Waals surface area contributed by atoms with Gasteiger partial charge in [-0.25, -0.2) is 4.39 Å². The number of nitrogens with zero attached hydrogens (tertiary/aromatic N) is 1. The zero-order chi connectivity index (χ0) is 17.6. The topological polar surface area (TPSA) is 70.2 Å². The third kappa shape index (κ3) is 3.16. The van der Waals surface area contributed by atoms with E-state index in [4.69, 9.17) is 11.1 Å². The highest BCUT2D eigenvalue weighted by Gasteiger charge is 2.44. The molecule has 0 aromatic rings. The first-order valence-corrected chi connectivity index (χ1v) is 10.0. The van der Waals surface area contributed by atoms with Crippen LogP contribution in [0.5, 0.6) is 0 Å². The van der Waals surface area contributed by atoms with Crippen molar-refractivity contribution in [3.8, 4) is 0 Å². The number of nitrogens with two attached hydrogens (primary N) is 1. The summed E-state index contributed by atoms with van der Waals surface area (Å²) in [6.45, 7) is 0. The molecule has 4 rings (SSSR count). The van der Waals surface area contributed by atoms with Crippen molar-refractivity contribution >= 4 is 23.4 Å². The molecule has 134 valence electrons. The summed E-state index contributed by atoms with van der Waals surface area (Å²) in [5.74, 6) is 0.0740. The minimum absolute atomic E-state index is 0.00911. The molecule has 0 saturated heterocycles. The Kier molecular flexibility index (Phi) is 4.48. The maximum atomic E-state index is 13.8. The van der Waals surface area contributed by atoms with Gasteiger partial charge in [0, 0.05) is 34.5 Å². The van der Waals surface area contributed by atoms with E-state index in [9.17, 15) is 9.18 Å². The van der Waals surface area contributed by atoms with Gasteiger partial charge in [0.1, 0.15) is 6.17 Å². The fourth-order valence-corrected chi connectivity index (χ4v) is 5.41. The van der Waals surface area contributed by atoms with Crippen LogP contribution < -0.4 is 5.73 Å². The van der Waals surface area contributed by atoms with Gasteiger partial charge in [-0.2, -0.15) is 0 Å². The molecular formula is C19H24FN3OS. The van der Waals surface area contributed by atoms with Gasteiger partial charge in [-0.1, -0.05) is 12.2 Å². The van der Waals surface area contributed by atoms with Crippen LogP contribution in [0.2, 0.25) is 0 Å². The van der Waals surface area contributed by atoms with Crippen LogP contribution in [0.1, 0.15) is 38.5 Å². The molecule has 1 aliphatic heterocycles. The number of amides is 1. The van der Waals surface area contributed by atoms with Crippen LogP contribution in [-0.4, -0.2) is 40.0 Å². The number of hydrogen-bond acceptors (Lipinski definition) is 4. The molecule has 4 unspecified atom stereocenters. The van der Waals surface area contributed by atoms with Crippen LogP contribution in [0, 0.1) is 11.3 Å². The molecule has 2 fully saturated rings. The molecule has 3 N–H and O–H groups in total. The van der Waals surface area contributed by atoms with E-state index in [2.05, 4.69) is 0 Å². The van der Waals surface area contributed by atoms with Crippen LogP contribution in [-0.2, 0) is 4.79 Å². The Morgan fingerprint density at radius 2 is 2.12 bits per heavy atom. The summed E-state index contributed by atoms with van der Waals surface area (Å²) < 4.78 is 13.8. The number of nitrogens with one attached hydrogen (secondary N) is 1.